The fraction of sp³-hybridized carbons (Fsp3) is 0.240. The van der Waals surface area contributed by atoms with Gasteiger partial charge in [0.1, 0.15) is 0 Å². The Kier molecular flexibility index (Phi) is 5.83. The van der Waals surface area contributed by atoms with Crippen LogP contribution in [0.5, 0.6) is 0 Å². The molecule has 4 rings (SSSR count). The molecule has 0 atom stereocenters. The molecule has 0 amide bonds. The number of hydrogen-bond donors (Lipinski definition) is 0. The summed E-state index contributed by atoms with van der Waals surface area (Å²) in [5.74, 6) is 0. The van der Waals surface area contributed by atoms with E-state index in [9.17, 15) is 0 Å². The van der Waals surface area contributed by atoms with Crippen molar-refractivity contribution in [3.63, 3.8) is 0 Å². The molecule has 28 heavy (non-hydrogen) atoms. The first-order valence-corrected chi connectivity index (χ1v) is 9.99. The molecule has 3 heteroatoms. The predicted molar refractivity (Wildman–Crippen MR) is 117 cm³/mol. The second kappa shape index (κ2) is 8.85. The fourth-order valence-corrected chi connectivity index (χ4v) is 3.77. The molecule has 3 aromatic rings. The Bertz CT molecular complexity index is 841. The van der Waals surface area contributed by atoms with E-state index in [-0.39, 0.29) is 0 Å². The van der Waals surface area contributed by atoms with Crippen LogP contribution in [0, 0.1) is 6.92 Å². The minimum Gasteiger partial charge on any atom is -0.294 e. The van der Waals surface area contributed by atoms with Crippen LogP contribution >= 0.6 is 0 Å². The van der Waals surface area contributed by atoms with Gasteiger partial charge in [-0.3, -0.25) is 9.91 Å². The van der Waals surface area contributed by atoms with Crippen LogP contribution in [-0.2, 0) is 0 Å². The molecule has 1 aliphatic heterocycles. The average molecular weight is 370 g/mol. The Morgan fingerprint density at radius 1 is 0.714 bits per heavy atom. The van der Waals surface area contributed by atoms with Crippen molar-refractivity contribution in [3.05, 3.63) is 107 Å². The van der Waals surface area contributed by atoms with Gasteiger partial charge in [0.15, 0.2) is 0 Å². The van der Waals surface area contributed by atoms with Crippen molar-refractivity contribution < 1.29 is 0 Å². The minimum atomic E-state index is 0.297. The van der Waals surface area contributed by atoms with Gasteiger partial charge in [-0.15, -0.1) is 0 Å². The lowest BCUT2D eigenvalue weighted by molar-refractivity contribution is 0.113. The van der Waals surface area contributed by atoms with E-state index in [1.54, 1.807) is 0 Å². The van der Waals surface area contributed by atoms with E-state index in [0.717, 1.165) is 31.7 Å². The highest BCUT2D eigenvalue weighted by atomic mass is 15.5. The maximum Gasteiger partial charge on any atom is 0.0603 e. The zero-order valence-corrected chi connectivity index (χ0v) is 16.4. The summed E-state index contributed by atoms with van der Waals surface area (Å²) in [5.41, 5.74) is 5.13. The molecule has 1 aliphatic rings. The van der Waals surface area contributed by atoms with Gasteiger partial charge in [-0.05, 0) is 23.6 Å². The number of hydrazone groups is 1. The van der Waals surface area contributed by atoms with Crippen LogP contribution in [0.25, 0.3) is 0 Å². The van der Waals surface area contributed by atoms with E-state index < -0.39 is 0 Å². The summed E-state index contributed by atoms with van der Waals surface area (Å²) >= 11 is 0. The van der Waals surface area contributed by atoms with Gasteiger partial charge in [0, 0.05) is 26.2 Å². The first kappa shape index (κ1) is 18.5. The van der Waals surface area contributed by atoms with Crippen molar-refractivity contribution in [3.8, 4) is 0 Å². The van der Waals surface area contributed by atoms with Crippen molar-refractivity contribution in [2.75, 3.05) is 26.2 Å². The summed E-state index contributed by atoms with van der Waals surface area (Å²) in [4.78, 5) is 2.57. The number of aryl methyl sites for hydroxylation is 1. The summed E-state index contributed by atoms with van der Waals surface area (Å²) in [6.07, 6.45) is 1.97. The maximum atomic E-state index is 4.70. The van der Waals surface area contributed by atoms with Crippen molar-refractivity contribution in [1.82, 2.24) is 9.91 Å². The predicted octanol–water partition coefficient (Wildman–Crippen LogP) is 4.74. The zero-order valence-electron chi connectivity index (χ0n) is 16.4. The fourth-order valence-electron chi connectivity index (χ4n) is 3.77. The lowest BCUT2D eigenvalue weighted by Crippen LogP contribution is -2.45. The van der Waals surface area contributed by atoms with E-state index in [0.29, 0.717) is 6.04 Å². The van der Waals surface area contributed by atoms with Gasteiger partial charge in [-0.2, -0.15) is 5.10 Å². The molecule has 0 aliphatic carbocycles. The smallest absolute Gasteiger partial charge is 0.0603 e. The van der Waals surface area contributed by atoms with Gasteiger partial charge < -0.3 is 0 Å². The maximum absolute atomic E-state index is 4.70. The van der Waals surface area contributed by atoms with E-state index in [2.05, 4.69) is 102 Å². The molecular weight excluding hydrogens is 342 g/mol. The second-order valence-corrected chi connectivity index (χ2v) is 7.37. The van der Waals surface area contributed by atoms with E-state index in [1.165, 1.54) is 16.7 Å². The van der Waals surface area contributed by atoms with Crippen LogP contribution in [0.3, 0.4) is 0 Å². The zero-order chi connectivity index (χ0) is 19.2. The van der Waals surface area contributed by atoms with Crippen molar-refractivity contribution in [2.45, 2.75) is 13.0 Å². The van der Waals surface area contributed by atoms with Crippen LogP contribution in [0.1, 0.15) is 28.3 Å². The Morgan fingerprint density at radius 3 is 1.79 bits per heavy atom. The van der Waals surface area contributed by atoms with Gasteiger partial charge >= 0.3 is 0 Å². The standard InChI is InChI=1S/C25H27N3/c1-21-12-14-22(15-13-21)20-26-28-18-16-27(17-19-28)25(23-8-4-2-5-9-23)24-10-6-3-7-11-24/h2-15,20,25H,16-19H2,1H3/b26-20-. The van der Waals surface area contributed by atoms with Crippen molar-refractivity contribution in [2.24, 2.45) is 5.10 Å². The number of rotatable bonds is 5. The van der Waals surface area contributed by atoms with Crippen LogP contribution in [0.2, 0.25) is 0 Å². The van der Waals surface area contributed by atoms with Gasteiger partial charge in [0.2, 0.25) is 0 Å². The highest BCUT2D eigenvalue weighted by molar-refractivity contribution is 5.79. The summed E-state index contributed by atoms with van der Waals surface area (Å²) in [5, 5.41) is 6.89. The Balaban J connectivity index is 1.45. The van der Waals surface area contributed by atoms with Crippen molar-refractivity contribution >= 4 is 6.21 Å². The molecule has 0 aromatic heterocycles. The van der Waals surface area contributed by atoms with Crippen LogP contribution in [0.15, 0.2) is 90.0 Å². The van der Waals surface area contributed by atoms with E-state index in [1.807, 2.05) is 6.21 Å². The lowest BCUT2D eigenvalue weighted by atomic mass is 9.96. The molecule has 0 unspecified atom stereocenters. The van der Waals surface area contributed by atoms with E-state index >= 15 is 0 Å². The molecule has 1 heterocycles. The average Bonchev–Trinajstić information content (AvgIpc) is 2.76. The third kappa shape index (κ3) is 4.49. The highest BCUT2D eigenvalue weighted by Gasteiger charge is 2.25. The summed E-state index contributed by atoms with van der Waals surface area (Å²) in [6.45, 7) is 5.99. The van der Waals surface area contributed by atoms with Gasteiger partial charge in [0.05, 0.1) is 12.3 Å². The number of piperazine rings is 1. The molecule has 3 aromatic carbocycles. The van der Waals surface area contributed by atoms with Gasteiger partial charge in [-0.1, -0.05) is 90.5 Å². The lowest BCUT2D eigenvalue weighted by Gasteiger charge is -2.38. The molecule has 0 bridgehead atoms. The Morgan fingerprint density at radius 2 is 1.25 bits per heavy atom. The van der Waals surface area contributed by atoms with Gasteiger partial charge in [0.25, 0.3) is 0 Å². The first-order valence-electron chi connectivity index (χ1n) is 9.99. The second-order valence-electron chi connectivity index (χ2n) is 7.37. The van der Waals surface area contributed by atoms with E-state index in [4.69, 9.17) is 5.10 Å². The van der Waals surface area contributed by atoms with Crippen molar-refractivity contribution in [1.29, 1.82) is 0 Å². The monoisotopic (exact) mass is 369 g/mol. The molecular formula is C25H27N3. The molecule has 1 saturated heterocycles. The first-order chi connectivity index (χ1) is 13.8. The topological polar surface area (TPSA) is 18.8 Å². The SMILES string of the molecule is Cc1ccc(/C=N\N2CCN(C(c3ccccc3)c3ccccc3)CC2)cc1. The third-order valence-corrected chi connectivity index (χ3v) is 5.33. The molecule has 0 radical (unpaired) electrons. The quantitative estimate of drug-likeness (QED) is 0.605. The van der Waals surface area contributed by atoms with Crippen LogP contribution in [0.4, 0.5) is 0 Å². The largest absolute Gasteiger partial charge is 0.294 e. The summed E-state index contributed by atoms with van der Waals surface area (Å²) in [7, 11) is 0. The molecule has 0 spiro atoms. The minimum absolute atomic E-state index is 0.297. The molecule has 142 valence electrons. The molecule has 0 saturated carbocycles. The molecule has 3 nitrogen and oxygen atoms in total. The highest BCUT2D eigenvalue weighted by Crippen LogP contribution is 2.29. The van der Waals surface area contributed by atoms with Gasteiger partial charge in [-0.25, -0.2) is 0 Å². The number of hydrogen-bond acceptors (Lipinski definition) is 3. The summed E-state index contributed by atoms with van der Waals surface area (Å²) < 4.78 is 0. The number of nitrogens with zero attached hydrogens (tertiary/aromatic N) is 3. The molecule has 0 N–H and O–H groups in total. The number of benzene rings is 3. The van der Waals surface area contributed by atoms with Crippen LogP contribution < -0.4 is 0 Å². The summed E-state index contributed by atoms with van der Waals surface area (Å²) in [6, 6.07) is 30.4. The molecule has 1 fully saturated rings. The Labute approximate surface area is 167 Å². The third-order valence-electron chi connectivity index (χ3n) is 5.33. The normalized spacial score (nSPS) is 15.4. The Hall–Kier alpha value is -2.91. The van der Waals surface area contributed by atoms with Crippen LogP contribution in [-0.4, -0.2) is 42.3 Å².